The Kier molecular flexibility index (Phi) is 5.63. The van der Waals surface area contributed by atoms with Gasteiger partial charge in [0.15, 0.2) is 5.69 Å². The summed E-state index contributed by atoms with van der Waals surface area (Å²) in [6.07, 6.45) is 0. The topological polar surface area (TPSA) is 74.7 Å². The number of anilines is 1. The Labute approximate surface area is 147 Å². The number of rotatable bonds is 6. The van der Waals surface area contributed by atoms with Crippen molar-refractivity contribution < 1.29 is 14.6 Å². The molecule has 0 aliphatic carbocycles. The van der Waals surface area contributed by atoms with Crippen LogP contribution in [-0.4, -0.2) is 53.8 Å². The minimum absolute atomic E-state index is 0.0447. The van der Waals surface area contributed by atoms with Gasteiger partial charge in [-0.3, -0.25) is 4.90 Å². The number of hydrogen-bond donors (Lipinski definition) is 2. The molecule has 0 radical (unpaired) electrons. The lowest BCUT2D eigenvalue weighted by molar-refractivity contribution is 0.0187. The molecule has 0 amide bonds. The van der Waals surface area contributed by atoms with Gasteiger partial charge >= 0.3 is 5.97 Å². The first-order chi connectivity index (χ1) is 12.1. The lowest BCUT2D eigenvalue weighted by Gasteiger charge is -2.35. The van der Waals surface area contributed by atoms with E-state index >= 15 is 0 Å². The predicted molar refractivity (Wildman–Crippen MR) is 96.0 cm³/mol. The Morgan fingerprint density at radius 3 is 2.64 bits per heavy atom. The van der Waals surface area contributed by atoms with Crippen LogP contribution < -0.4 is 5.32 Å². The van der Waals surface area contributed by atoms with Crippen LogP contribution in [0.3, 0.4) is 0 Å². The summed E-state index contributed by atoms with van der Waals surface area (Å²) in [4.78, 5) is 17.6. The van der Waals surface area contributed by atoms with E-state index in [9.17, 15) is 4.79 Å². The summed E-state index contributed by atoms with van der Waals surface area (Å²) >= 11 is 0. The minimum Gasteiger partial charge on any atom is -0.477 e. The molecule has 2 N–H and O–H groups in total. The number of pyridine rings is 1. The van der Waals surface area contributed by atoms with E-state index in [1.807, 2.05) is 0 Å². The number of hydrogen-bond acceptors (Lipinski definition) is 5. The number of ether oxygens (including phenoxy) is 1. The second kappa shape index (κ2) is 8.09. The van der Waals surface area contributed by atoms with Gasteiger partial charge in [-0.2, -0.15) is 0 Å². The standard InChI is InChI=1S/C19H23N3O3/c1-14-5-7-15(8-6-14)17(22-9-11-25-12-10-22)13-20-18-4-2-3-16(21-18)19(23)24/h2-8,17H,9-13H2,1H3,(H,20,21)(H,23,24). The number of nitrogens with zero attached hydrogens (tertiary/aromatic N) is 2. The van der Waals surface area contributed by atoms with Gasteiger partial charge in [0.2, 0.25) is 0 Å². The highest BCUT2D eigenvalue weighted by atomic mass is 16.5. The molecule has 132 valence electrons. The van der Waals surface area contributed by atoms with Crippen molar-refractivity contribution in [1.29, 1.82) is 0 Å². The number of aromatic nitrogens is 1. The summed E-state index contributed by atoms with van der Waals surface area (Å²) in [6, 6.07) is 13.7. The smallest absolute Gasteiger partial charge is 0.354 e. The van der Waals surface area contributed by atoms with Gasteiger partial charge in [-0.1, -0.05) is 35.9 Å². The zero-order chi connectivity index (χ0) is 17.6. The van der Waals surface area contributed by atoms with Crippen LogP contribution in [0, 0.1) is 6.92 Å². The molecule has 6 nitrogen and oxygen atoms in total. The summed E-state index contributed by atoms with van der Waals surface area (Å²) in [5, 5.41) is 12.4. The van der Waals surface area contributed by atoms with Crippen LogP contribution >= 0.6 is 0 Å². The summed E-state index contributed by atoms with van der Waals surface area (Å²) in [5.41, 5.74) is 2.51. The molecule has 25 heavy (non-hydrogen) atoms. The van der Waals surface area contributed by atoms with Gasteiger partial charge in [0.1, 0.15) is 5.82 Å². The summed E-state index contributed by atoms with van der Waals surface area (Å²) in [5.74, 6) is -0.447. The molecule has 6 heteroatoms. The van der Waals surface area contributed by atoms with Crippen LogP contribution in [0.2, 0.25) is 0 Å². The maximum atomic E-state index is 11.1. The van der Waals surface area contributed by atoms with Crippen LogP contribution in [0.15, 0.2) is 42.5 Å². The highest BCUT2D eigenvalue weighted by Crippen LogP contribution is 2.23. The fourth-order valence-corrected chi connectivity index (χ4v) is 2.99. The van der Waals surface area contributed by atoms with Crippen molar-refractivity contribution in [2.75, 3.05) is 38.2 Å². The third kappa shape index (κ3) is 4.55. The Hall–Kier alpha value is -2.44. The number of carboxylic acid groups (broad SMARTS) is 1. The lowest BCUT2D eigenvalue weighted by Crippen LogP contribution is -2.41. The molecule has 2 aromatic rings. The summed E-state index contributed by atoms with van der Waals surface area (Å²) in [7, 11) is 0. The van der Waals surface area contributed by atoms with Crippen molar-refractivity contribution in [2.24, 2.45) is 0 Å². The van der Waals surface area contributed by atoms with Crippen molar-refractivity contribution in [1.82, 2.24) is 9.88 Å². The molecule has 1 atom stereocenters. The molecule has 1 saturated heterocycles. The Balaban J connectivity index is 1.76. The number of benzene rings is 1. The third-order valence-electron chi connectivity index (χ3n) is 4.39. The molecule has 0 spiro atoms. The molecular weight excluding hydrogens is 318 g/mol. The Morgan fingerprint density at radius 2 is 1.96 bits per heavy atom. The predicted octanol–water partition coefficient (Wildman–Crippen LogP) is 2.57. The molecule has 0 saturated carbocycles. The van der Waals surface area contributed by atoms with E-state index in [-0.39, 0.29) is 11.7 Å². The molecule has 1 aliphatic heterocycles. The average molecular weight is 341 g/mol. The molecule has 1 aromatic heterocycles. The summed E-state index contributed by atoms with van der Waals surface area (Å²) in [6.45, 7) is 5.95. The fourth-order valence-electron chi connectivity index (χ4n) is 2.99. The van der Waals surface area contributed by atoms with E-state index < -0.39 is 5.97 Å². The molecular formula is C19H23N3O3. The SMILES string of the molecule is Cc1ccc(C(CNc2cccc(C(=O)O)n2)N2CCOCC2)cc1. The number of aromatic carboxylic acids is 1. The van der Waals surface area contributed by atoms with Crippen LogP contribution in [0.4, 0.5) is 5.82 Å². The van der Waals surface area contributed by atoms with E-state index in [1.165, 1.54) is 17.2 Å². The Bertz CT molecular complexity index is 712. The van der Waals surface area contributed by atoms with Crippen LogP contribution in [-0.2, 0) is 4.74 Å². The molecule has 0 bridgehead atoms. The summed E-state index contributed by atoms with van der Waals surface area (Å²) < 4.78 is 5.47. The monoisotopic (exact) mass is 341 g/mol. The average Bonchev–Trinajstić information content (AvgIpc) is 2.64. The van der Waals surface area contributed by atoms with E-state index in [1.54, 1.807) is 12.1 Å². The van der Waals surface area contributed by atoms with E-state index in [4.69, 9.17) is 9.84 Å². The van der Waals surface area contributed by atoms with Crippen molar-refractivity contribution in [3.63, 3.8) is 0 Å². The molecule has 1 aliphatic rings. The second-order valence-electron chi connectivity index (χ2n) is 6.17. The molecule has 2 heterocycles. The normalized spacial score (nSPS) is 16.4. The maximum absolute atomic E-state index is 11.1. The largest absolute Gasteiger partial charge is 0.477 e. The Morgan fingerprint density at radius 1 is 1.24 bits per heavy atom. The highest BCUT2D eigenvalue weighted by Gasteiger charge is 2.22. The lowest BCUT2D eigenvalue weighted by atomic mass is 10.0. The van der Waals surface area contributed by atoms with Gasteiger partial charge in [-0.05, 0) is 24.6 Å². The number of carbonyl (C=O) groups is 1. The molecule has 1 unspecified atom stereocenters. The number of nitrogens with one attached hydrogen (secondary N) is 1. The zero-order valence-electron chi connectivity index (χ0n) is 14.3. The van der Waals surface area contributed by atoms with Crippen molar-refractivity contribution in [3.05, 3.63) is 59.3 Å². The van der Waals surface area contributed by atoms with Crippen molar-refractivity contribution in [2.45, 2.75) is 13.0 Å². The molecule has 1 aromatic carbocycles. The second-order valence-corrected chi connectivity index (χ2v) is 6.17. The van der Waals surface area contributed by atoms with Gasteiger partial charge in [-0.25, -0.2) is 9.78 Å². The first-order valence-corrected chi connectivity index (χ1v) is 8.46. The first kappa shape index (κ1) is 17.4. The van der Waals surface area contributed by atoms with Crippen LogP contribution in [0.25, 0.3) is 0 Å². The van der Waals surface area contributed by atoms with Crippen LogP contribution in [0.5, 0.6) is 0 Å². The van der Waals surface area contributed by atoms with Gasteiger partial charge in [-0.15, -0.1) is 0 Å². The quantitative estimate of drug-likeness (QED) is 0.841. The van der Waals surface area contributed by atoms with Gasteiger partial charge < -0.3 is 15.2 Å². The maximum Gasteiger partial charge on any atom is 0.354 e. The third-order valence-corrected chi connectivity index (χ3v) is 4.39. The number of morpholine rings is 1. The van der Waals surface area contributed by atoms with Crippen molar-refractivity contribution >= 4 is 11.8 Å². The van der Waals surface area contributed by atoms with E-state index in [0.29, 0.717) is 12.4 Å². The van der Waals surface area contributed by atoms with Crippen LogP contribution in [0.1, 0.15) is 27.7 Å². The van der Waals surface area contributed by atoms with E-state index in [2.05, 4.69) is 46.4 Å². The minimum atomic E-state index is -1.02. The number of aryl methyl sites for hydroxylation is 1. The number of carboxylic acids is 1. The van der Waals surface area contributed by atoms with Gasteiger partial charge in [0.25, 0.3) is 0 Å². The zero-order valence-corrected chi connectivity index (χ0v) is 14.3. The van der Waals surface area contributed by atoms with Gasteiger partial charge in [0, 0.05) is 19.6 Å². The van der Waals surface area contributed by atoms with Crippen molar-refractivity contribution in [3.8, 4) is 0 Å². The highest BCUT2D eigenvalue weighted by molar-refractivity contribution is 5.85. The van der Waals surface area contributed by atoms with E-state index in [0.717, 1.165) is 26.3 Å². The van der Waals surface area contributed by atoms with Gasteiger partial charge in [0.05, 0.1) is 19.3 Å². The fraction of sp³-hybridized carbons (Fsp3) is 0.368. The first-order valence-electron chi connectivity index (χ1n) is 8.46. The molecule has 1 fully saturated rings. The molecule has 3 rings (SSSR count).